The number of rotatable bonds is 4. The van der Waals surface area contributed by atoms with Crippen LogP contribution in [0.1, 0.15) is 12.5 Å². The van der Waals surface area contributed by atoms with Crippen LogP contribution in [0.25, 0.3) is 0 Å². The van der Waals surface area contributed by atoms with E-state index in [9.17, 15) is 4.79 Å². The molecule has 1 aromatic rings. The van der Waals surface area contributed by atoms with Crippen molar-refractivity contribution in [3.63, 3.8) is 0 Å². The zero-order valence-corrected chi connectivity index (χ0v) is 11.9. The van der Waals surface area contributed by atoms with Gasteiger partial charge in [-0.1, -0.05) is 30.4 Å². The van der Waals surface area contributed by atoms with Crippen LogP contribution in [0.3, 0.4) is 0 Å². The van der Waals surface area contributed by atoms with Crippen LogP contribution in [0, 0.1) is 5.92 Å². The number of dihydropyridines is 1. The standard InChI is InChI=1S/C17H17N3O/c1-12-4-2-6-14-8-15(17(21)20-16(12)14)11-19-10-13-5-3-7-18-9-13/h2-9,14,19H,10-11H2,1H3. The Morgan fingerprint density at radius 1 is 1.33 bits per heavy atom. The summed E-state index contributed by atoms with van der Waals surface area (Å²) in [6.07, 6.45) is 11.7. The van der Waals surface area contributed by atoms with Crippen molar-refractivity contribution in [1.29, 1.82) is 0 Å². The maximum absolute atomic E-state index is 12.1. The fourth-order valence-electron chi connectivity index (χ4n) is 2.50. The van der Waals surface area contributed by atoms with Crippen LogP contribution < -0.4 is 5.32 Å². The molecule has 0 radical (unpaired) electrons. The van der Waals surface area contributed by atoms with Crippen molar-refractivity contribution < 1.29 is 4.79 Å². The summed E-state index contributed by atoms with van der Waals surface area (Å²) in [5.74, 6) is -0.00845. The second kappa shape index (κ2) is 5.97. The number of hydrogen-bond acceptors (Lipinski definition) is 3. The Balaban J connectivity index is 1.63. The van der Waals surface area contributed by atoms with E-state index >= 15 is 0 Å². The number of carbonyl (C=O) groups is 1. The van der Waals surface area contributed by atoms with Crippen LogP contribution in [0.2, 0.25) is 0 Å². The molecular formula is C17H17N3O. The van der Waals surface area contributed by atoms with Gasteiger partial charge in [-0.05, 0) is 24.1 Å². The first-order valence-corrected chi connectivity index (χ1v) is 7.03. The molecule has 4 nitrogen and oxygen atoms in total. The van der Waals surface area contributed by atoms with Gasteiger partial charge in [-0.15, -0.1) is 0 Å². The third-order valence-corrected chi connectivity index (χ3v) is 3.63. The summed E-state index contributed by atoms with van der Waals surface area (Å²) in [7, 11) is 0. The molecule has 0 spiro atoms. The molecule has 1 aromatic heterocycles. The third kappa shape index (κ3) is 3.06. The highest BCUT2D eigenvalue weighted by Gasteiger charge is 2.24. The molecule has 3 rings (SSSR count). The molecule has 1 atom stereocenters. The van der Waals surface area contributed by atoms with Crippen molar-refractivity contribution in [2.75, 3.05) is 6.54 Å². The minimum absolute atomic E-state index is 0.128. The van der Waals surface area contributed by atoms with E-state index in [0.717, 1.165) is 22.4 Å². The van der Waals surface area contributed by atoms with E-state index in [1.807, 2.05) is 43.5 Å². The second-order valence-corrected chi connectivity index (χ2v) is 5.22. The van der Waals surface area contributed by atoms with Crippen LogP contribution in [0.15, 0.2) is 65.0 Å². The van der Waals surface area contributed by atoms with E-state index < -0.39 is 0 Å². The molecule has 1 amide bonds. The largest absolute Gasteiger partial charge is 0.308 e. The summed E-state index contributed by atoms with van der Waals surface area (Å²) < 4.78 is 0. The van der Waals surface area contributed by atoms with E-state index in [0.29, 0.717) is 13.1 Å². The van der Waals surface area contributed by atoms with Gasteiger partial charge >= 0.3 is 0 Å². The molecule has 4 heteroatoms. The molecule has 0 fully saturated rings. The summed E-state index contributed by atoms with van der Waals surface area (Å²) in [4.78, 5) is 20.4. The lowest BCUT2D eigenvalue weighted by atomic mass is 9.88. The van der Waals surface area contributed by atoms with E-state index in [1.165, 1.54) is 0 Å². The van der Waals surface area contributed by atoms with E-state index in [2.05, 4.69) is 21.4 Å². The van der Waals surface area contributed by atoms with Crippen molar-refractivity contribution in [3.8, 4) is 0 Å². The number of amides is 1. The maximum atomic E-state index is 12.1. The first-order chi connectivity index (χ1) is 10.2. The number of nitrogens with one attached hydrogen (secondary N) is 1. The topological polar surface area (TPSA) is 54.4 Å². The molecule has 1 aliphatic carbocycles. The number of allylic oxidation sites excluding steroid dienone is 5. The summed E-state index contributed by atoms with van der Waals surface area (Å²) in [6.45, 7) is 3.20. The molecule has 0 saturated heterocycles. The van der Waals surface area contributed by atoms with Crippen LogP contribution in [-0.4, -0.2) is 23.1 Å². The first kappa shape index (κ1) is 13.6. The van der Waals surface area contributed by atoms with Crippen molar-refractivity contribution in [3.05, 3.63) is 65.5 Å². The molecule has 0 aromatic carbocycles. The summed E-state index contributed by atoms with van der Waals surface area (Å²) in [6, 6.07) is 3.91. The Bertz CT molecular complexity index is 669. The smallest absolute Gasteiger partial charge is 0.274 e. The molecule has 106 valence electrons. The molecule has 0 bridgehead atoms. The highest BCUT2D eigenvalue weighted by molar-refractivity contribution is 6.15. The summed E-state index contributed by atoms with van der Waals surface area (Å²) >= 11 is 0. The van der Waals surface area contributed by atoms with Crippen molar-refractivity contribution in [2.24, 2.45) is 10.9 Å². The van der Waals surface area contributed by atoms with E-state index in [1.54, 1.807) is 6.20 Å². The quantitative estimate of drug-likeness (QED) is 0.919. The van der Waals surface area contributed by atoms with Crippen molar-refractivity contribution in [1.82, 2.24) is 10.3 Å². The Morgan fingerprint density at radius 3 is 3.05 bits per heavy atom. The average molecular weight is 279 g/mol. The highest BCUT2D eigenvalue weighted by atomic mass is 16.1. The Labute approximate surface area is 124 Å². The molecular weight excluding hydrogens is 262 g/mol. The molecule has 2 heterocycles. The lowest BCUT2D eigenvalue weighted by Crippen LogP contribution is -2.27. The van der Waals surface area contributed by atoms with Gasteiger partial charge in [0.15, 0.2) is 0 Å². The van der Waals surface area contributed by atoms with Crippen LogP contribution >= 0.6 is 0 Å². The Morgan fingerprint density at radius 2 is 2.24 bits per heavy atom. The number of carbonyl (C=O) groups excluding carboxylic acids is 1. The van der Waals surface area contributed by atoms with Gasteiger partial charge < -0.3 is 5.32 Å². The van der Waals surface area contributed by atoms with Gasteiger partial charge in [0.2, 0.25) is 0 Å². The minimum Gasteiger partial charge on any atom is -0.308 e. The molecule has 21 heavy (non-hydrogen) atoms. The minimum atomic E-state index is -0.136. The normalized spacial score (nSPS) is 20.5. The zero-order valence-electron chi connectivity index (χ0n) is 11.9. The fraction of sp³-hybridized carbons (Fsp3) is 0.235. The monoisotopic (exact) mass is 279 g/mol. The number of aliphatic imine (C=N–C) groups is 1. The predicted octanol–water partition coefficient (Wildman–Crippen LogP) is 2.21. The lowest BCUT2D eigenvalue weighted by Gasteiger charge is -2.21. The first-order valence-electron chi connectivity index (χ1n) is 7.03. The van der Waals surface area contributed by atoms with Crippen molar-refractivity contribution in [2.45, 2.75) is 13.5 Å². The van der Waals surface area contributed by atoms with Gasteiger partial charge in [0.05, 0.1) is 5.71 Å². The van der Waals surface area contributed by atoms with Gasteiger partial charge in [0.25, 0.3) is 5.91 Å². The van der Waals surface area contributed by atoms with Gasteiger partial charge in [-0.25, -0.2) is 4.99 Å². The lowest BCUT2D eigenvalue weighted by molar-refractivity contribution is -0.114. The SMILES string of the molecule is CC1=CC=CC2C=C(CNCc3cccnc3)C(=O)N=C12. The average Bonchev–Trinajstić information content (AvgIpc) is 2.50. The Hall–Kier alpha value is -2.33. The van der Waals surface area contributed by atoms with Gasteiger partial charge in [0, 0.05) is 37.0 Å². The van der Waals surface area contributed by atoms with Crippen LogP contribution in [0.5, 0.6) is 0 Å². The van der Waals surface area contributed by atoms with Gasteiger partial charge in [0.1, 0.15) is 0 Å². The molecule has 1 unspecified atom stereocenters. The number of fused-ring (bicyclic) bond motifs is 1. The van der Waals surface area contributed by atoms with Crippen LogP contribution in [-0.2, 0) is 11.3 Å². The fourth-order valence-corrected chi connectivity index (χ4v) is 2.50. The highest BCUT2D eigenvalue weighted by Crippen LogP contribution is 2.23. The number of nitrogens with zero attached hydrogens (tertiary/aromatic N) is 2. The summed E-state index contributed by atoms with van der Waals surface area (Å²) in [5, 5.41) is 3.27. The number of pyridine rings is 1. The van der Waals surface area contributed by atoms with Gasteiger partial charge in [-0.2, -0.15) is 0 Å². The second-order valence-electron chi connectivity index (χ2n) is 5.22. The predicted molar refractivity (Wildman–Crippen MR) is 82.9 cm³/mol. The van der Waals surface area contributed by atoms with E-state index in [-0.39, 0.29) is 11.8 Å². The molecule has 2 aliphatic rings. The maximum Gasteiger partial charge on any atom is 0.274 e. The number of hydrogen-bond donors (Lipinski definition) is 1. The zero-order chi connectivity index (χ0) is 14.7. The molecule has 1 N–H and O–H groups in total. The third-order valence-electron chi connectivity index (χ3n) is 3.63. The van der Waals surface area contributed by atoms with Crippen molar-refractivity contribution >= 4 is 11.6 Å². The number of aromatic nitrogens is 1. The Kier molecular flexibility index (Phi) is 3.88. The van der Waals surface area contributed by atoms with Gasteiger partial charge in [-0.3, -0.25) is 9.78 Å². The van der Waals surface area contributed by atoms with Crippen LogP contribution in [0.4, 0.5) is 0 Å². The van der Waals surface area contributed by atoms with E-state index in [4.69, 9.17) is 0 Å². The summed E-state index contributed by atoms with van der Waals surface area (Å²) in [5.41, 5.74) is 3.77. The molecule has 1 aliphatic heterocycles. The molecule has 0 saturated carbocycles.